The van der Waals surface area contributed by atoms with E-state index in [4.69, 9.17) is 4.98 Å². The summed E-state index contributed by atoms with van der Waals surface area (Å²) in [5, 5.41) is 1.92. The molecule has 0 atom stereocenters. The number of aromatic nitrogens is 2. The number of nitrogens with zero attached hydrogens (tertiary/aromatic N) is 5. The van der Waals surface area contributed by atoms with Gasteiger partial charge in [0.15, 0.2) is 0 Å². The molecule has 1 aromatic carbocycles. The summed E-state index contributed by atoms with van der Waals surface area (Å²) in [6, 6.07) is 10.4. The van der Waals surface area contributed by atoms with E-state index < -0.39 is 0 Å². The molecule has 0 aliphatic carbocycles. The molecule has 3 aromatic rings. The summed E-state index contributed by atoms with van der Waals surface area (Å²) >= 11 is 1.43. The quantitative estimate of drug-likeness (QED) is 0.577. The Bertz CT molecular complexity index is 1190. The highest BCUT2D eigenvalue weighted by Crippen LogP contribution is 2.23. The molecule has 0 N–H and O–H groups in total. The molecule has 33 heavy (non-hydrogen) atoms. The number of carbonyl (C=O) groups excluding carboxylic acids is 1. The van der Waals surface area contributed by atoms with E-state index in [1.807, 2.05) is 16.3 Å². The molecule has 0 saturated carbocycles. The molecule has 2 aromatic heterocycles. The van der Waals surface area contributed by atoms with Crippen LogP contribution in [0.2, 0.25) is 0 Å². The van der Waals surface area contributed by atoms with Crippen LogP contribution in [0.25, 0.3) is 10.2 Å². The second kappa shape index (κ2) is 9.55. The molecule has 1 amide bonds. The van der Waals surface area contributed by atoms with Crippen molar-refractivity contribution in [3.05, 3.63) is 51.6 Å². The molecule has 2 aliphatic rings. The van der Waals surface area contributed by atoms with Gasteiger partial charge in [-0.1, -0.05) is 12.1 Å². The van der Waals surface area contributed by atoms with E-state index in [2.05, 4.69) is 41.0 Å². The molecule has 174 valence electrons. The Balaban J connectivity index is 1.27. The molecule has 5 rings (SSSR count). The third-order valence-corrected chi connectivity index (χ3v) is 7.62. The minimum atomic E-state index is -0.0207. The van der Waals surface area contributed by atoms with E-state index in [0.29, 0.717) is 30.8 Å². The Morgan fingerprint density at radius 2 is 1.79 bits per heavy atom. The van der Waals surface area contributed by atoms with E-state index >= 15 is 0 Å². The lowest BCUT2D eigenvalue weighted by atomic mass is 10.1. The van der Waals surface area contributed by atoms with Crippen LogP contribution in [0.15, 0.2) is 40.5 Å². The van der Waals surface area contributed by atoms with Crippen LogP contribution in [0, 0.1) is 6.92 Å². The zero-order chi connectivity index (χ0) is 22.8. The highest BCUT2D eigenvalue weighted by Gasteiger charge is 2.24. The Kier molecular flexibility index (Phi) is 6.35. The van der Waals surface area contributed by atoms with Gasteiger partial charge in [-0.15, -0.1) is 11.3 Å². The Hall–Kier alpha value is -2.87. The van der Waals surface area contributed by atoms with Gasteiger partial charge in [0, 0.05) is 57.9 Å². The number of amides is 1. The zero-order valence-corrected chi connectivity index (χ0v) is 20.0. The molecular weight excluding hydrogens is 434 g/mol. The van der Waals surface area contributed by atoms with Gasteiger partial charge in [0.25, 0.3) is 5.56 Å². The highest BCUT2D eigenvalue weighted by molar-refractivity contribution is 7.17. The number of aryl methyl sites for hydroxylation is 1. The van der Waals surface area contributed by atoms with E-state index in [9.17, 15) is 9.59 Å². The maximum atomic E-state index is 13.2. The SMILES string of the molecule is Cc1cccc(N2CCN(C(=O)CCn3c(N4CCCCC4)nc4ccsc4c3=O)CC2)c1. The summed E-state index contributed by atoms with van der Waals surface area (Å²) in [6.45, 7) is 7.39. The first kappa shape index (κ1) is 21.9. The maximum Gasteiger partial charge on any atom is 0.272 e. The molecule has 0 unspecified atom stereocenters. The zero-order valence-electron chi connectivity index (χ0n) is 19.2. The standard InChI is InChI=1S/C25H31N5O2S/c1-19-6-5-7-20(18-19)27-13-15-28(16-14-27)22(31)8-12-30-24(32)23-21(9-17-33-23)26-25(30)29-10-3-2-4-11-29/h5-7,9,17-18H,2-4,8,10-16H2,1H3. The van der Waals surface area contributed by atoms with Crippen LogP contribution in [-0.2, 0) is 11.3 Å². The fourth-order valence-electron chi connectivity index (χ4n) is 4.87. The van der Waals surface area contributed by atoms with E-state index in [1.165, 1.54) is 29.0 Å². The molecule has 2 saturated heterocycles. The predicted molar refractivity (Wildman–Crippen MR) is 135 cm³/mol. The Labute approximate surface area is 198 Å². The van der Waals surface area contributed by atoms with E-state index in [1.54, 1.807) is 4.57 Å². The largest absolute Gasteiger partial charge is 0.368 e. The molecule has 2 fully saturated rings. The molecule has 2 aliphatic heterocycles. The van der Waals surface area contributed by atoms with Crippen LogP contribution in [-0.4, -0.2) is 59.6 Å². The third kappa shape index (κ3) is 4.62. The lowest BCUT2D eigenvalue weighted by Crippen LogP contribution is -2.49. The second-order valence-corrected chi connectivity index (χ2v) is 9.92. The number of rotatable bonds is 5. The summed E-state index contributed by atoms with van der Waals surface area (Å²) in [6.07, 6.45) is 3.77. The minimum Gasteiger partial charge on any atom is -0.368 e. The Morgan fingerprint density at radius 3 is 2.55 bits per heavy atom. The highest BCUT2D eigenvalue weighted by atomic mass is 32.1. The summed E-state index contributed by atoms with van der Waals surface area (Å²) in [5.74, 6) is 0.837. The fourth-order valence-corrected chi connectivity index (χ4v) is 5.65. The fraction of sp³-hybridized carbons (Fsp3) is 0.480. The molecule has 4 heterocycles. The number of benzene rings is 1. The summed E-state index contributed by atoms with van der Waals surface area (Å²) in [4.78, 5) is 37.6. The average molecular weight is 466 g/mol. The maximum absolute atomic E-state index is 13.2. The van der Waals surface area contributed by atoms with Gasteiger partial charge in [-0.25, -0.2) is 4.98 Å². The van der Waals surface area contributed by atoms with Crippen molar-refractivity contribution in [1.82, 2.24) is 14.5 Å². The van der Waals surface area contributed by atoms with Crippen molar-refractivity contribution < 1.29 is 4.79 Å². The number of thiophene rings is 1. The number of fused-ring (bicyclic) bond motifs is 1. The van der Waals surface area contributed by atoms with Crippen molar-refractivity contribution in [3.63, 3.8) is 0 Å². The van der Waals surface area contributed by atoms with Crippen molar-refractivity contribution in [1.29, 1.82) is 0 Å². The molecular formula is C25H31N5O2S. The van der Waals surface area contributed by atoms with Crippen molar-refractivity contribution >= 4 is 39.1 Å². The summed E-state index contributed by atoms with van der Waals surface area (Å²) < 4.78 is 2.42. The van der Waals surface area contributed by atoms with Gasteiger partial charge in [0.2, 0.25) is 11.9 Å². The van der Waals surface area contributed by atoms with Crippen LogP contribution in [0.1, 0.15) is 31.2 Å². The number of hydrogen-bond acceptors (Lipinski definition) is 6. The van der Waals surface area contributed by atoms with E-state index in [0.717, 1.165) is 50.5 Å². The van der Waals surface area contributed by atoms with Crippen LogP contribution in [0.4, 0.5) is 11.6 Å². The van der Waals surface area contributed by atoms with Gasteiger partial charge < -0.3 is 14.7 Å². The summed E-state index contributed by atoms with van der Waals surface area (Å²) in [5.41, 5.74) is 3.21. The molecule has 7 nitrogen and oxygen atoms in total. The third-order valence-electron chi connectivity index (χ3n) is 6.73. The van der Waals surface area contributed by atoms with Gasteiger partial charge in [-0.3, -0.25) is 14.2 Å². The average Bonchev–Trinajstić information content (AvgIpc) is 3.33. The number of piperidine rings is 1. The molecule has 0 bridgehead atoms. The Morgan fingerprint density at radius 1 is 1.00 bits per heavy atom. The summed E-state index contributed by atoms with van der Waals surface area (Å²) in [7, 11) is 0. The van der Waals surface area contributed by atoms with Gasteiger partial charge in [0.1, 0.15) is 4.70 Å². The number of hydrogen-bond donors (Lipinski definition) is 0. The van der Waals surface area contributed by atoms with Crippen molar-refractivity contribution in [2.75, 3.05) is 49.1 Å². The predicted octanol–water partition coefficient (Wildman–Crippen LogP) is 3.50. The lowest BCUT2D eigenvalue weighted by Gasteiger charge is -2.36. The van der Waals surface area contributed by atoms with Crippen LogP contribution >= 0.6 is 11.3 Å². The first-order valence-electron chi connectivity index (χ1n) is 11.9. The molecule has 8 heteroatoms. The van der Waals surface area contributed by atoms with Crippen molar-refractivity contribution in [3.8, 4) is 0 Å². The van der Waals surface area contributed by atoms with Crippen molar-refractivity contribution in [2.24, 2.45) is 0 Å². The van der Waals surface area contributed by atoms with Crippen LogP contribution < -0.4 is 15.4 Å². The van der Waals surface area contributed by atoms with Crippen LogP contribution in [0.3, 0.4) is 0 Å². The number of piperazine rings is 1. The lowest BCUT2D eigenvalue weighted by molar-refractivity contribution is -0.131. The van der Waals surface area contributed by atoms with E-state index in [-0.39, 0.29) is 11.5 Å². The first-order chi connectivity index (χ1) is 16.1. The van der Waals surface area contributed by atoms with Gasteiger partial charge in [-0.05, 0) is 55.3 Å². The molecule has 0 radical (unpaired) electrons. The smallest absolute Gasteiger partial charge is 0.272 e. The van der Waals surface area contributed by atoms with Crippen molar-refractivity contribution in [2.45, 2.75) is 39.2 Å². The van der Waals surface area contributed by atoms with Gasteiger partial charge in [0.05, 0.1) is 5.52 Å². The monoisotopic (exact) mass is 465 g/mol. The minimum absolute atomic E-state index is 0.0207. The van der Waals surface area contributed by atoms with Gasteiger partial charge >= 0.3 is 0 Å². The normalized spacial score (nSPS) is 17.1. The first-order valence-corrected chi connectivity index (χ1v) is 12.8. The second-order valence-electron chi connectivity index (χ2n) is 9.01. The van der Waals surface area contributed by atoms with Gasteiger partial charge in [-0.2, -0.15) is 0 Å². The number of carbonyl (C=O) groups is 1. The number of anilines is 2. The topological polar surface area (TPSA) is 61.7 Å². The van der Waals surface area contributed by atoms with Crippen LogP contribution in [0.5, 0.6) is 0 Å². The molecule has 0 spiro atoms.